The summed E-state index contributed by atoms with van der Waals surface area (Å²) >= 11 is 5.00. The SMILES string of the molecule is CC(C)NC(=S)NN=Cc1ccncc1. The molecule has 0 atom stereocenters. The Morgan fingerprint density at radius 2 is 2.13 bits per heavy atom. The molecule has 5 heteroatoms. The zero-order valence-electron chi connectivity index (χ0n) is 8.77. The molecule has 0 aromatic carbocycles. The van der Waals surface area contributed by atoms with E-state index in [1.54, 1.807) is 18.6 Å². The van der Waals surface area contributed by atoms with Crippen LogP contribution in [0.5, 0.6) is 0 Å². The van der Waals surface area contributed by atoms with Crippen LogP contribution in [0, 0.1) is 0 Å². The molecule has 0 radical (unpaired) electrons. The van der Waals surface area contributed by atoms with Gasteiger partial charge in [0, 0.05) is 18.4 Å². The standard InChI is InChI=1S/C10H14N4S/c1-8(2)13-10(15)14-12-7-9-3-5-11-6-4-9/h3-8H,1-2H3,(H2,13,14,15). The number of nitrogens with one attached hydrogen (secondary N) is 2. The van der Waals surface area contributed by atoms with E-state index in [2.05, 4.69) is 20.8 Å². The van der Waals surface area contributed by atoms with Gasteiger partial charge in [-0.2, -0.15) is 5.10 Å². The Morgan fingerprint density at radius 1 is 1.47 bits per heavy atom. The van der Waals surface area contributed by atoms with E-state index in [4.69, 9.17) is 12.2 Å². The molecule has 2 N–H and O–H groups in total. The average molecular weight is 222 g/mol. The lowest BCUT2D eigenvalue weighted by Crippen LogP contribution is -2.36. The zero-order chi connectivity index (χ0) is 11.1. The number of nitrogens with zero attached hydrogens (tertiary/aromatic N) is 2. The molecule has 0 aliphatic heterocycles. The lowest BCUT2D eigenvalue weighted by atomic mass is 10.3. The highest BCUT2D eigenvalue weighted by molar-refractivity contribution is 7.80. The van der Waals surface area contributed by atoms with Crippen LogP contribution >= 0.6 is 12.2 Å². The first-order valence-electron chi connectivity index (χ1n) is 4.68. The van der Waals surface area contributed by atoms with Gasteiger partial charge in [-0.3, -0.25) is 10.4 Å². The number of hydrogen-bond donors (Lipinski definition) is 2. The highest BCUT2D eigenvalue weighted by Gasteiger charge is 1.94. The molecular formula is C10H14N4S. The van der Waals surface area contributed by atoms with Crippen LogP contribution in [0.25, 0.3) is 0 Å². The molecule has 1 aromatic heterocycles. The van der Waals surface area contributed by atoms with Crippen molar-refractivity contribution in [3.05, 3.63) is 30.1 Å². The Bertz CT molecular complexity index is 335. The van der Waals surface area contributed by atoms with E-state index in [9.17, 15) is 0 Å². The number of rotatable bonds is 3. The molecule has 0 spiro atoms. The van der Waals surface area contributed by atoms with Crippen LogP contribution in [-0.4, -0.2) is 22.4 Å². The van der Waals surface area contributed by atoms with Crippen molar-refractivity contribution < 1.29 is 0 Å². The summed E-state index contributed by atoms with van der Waals surface area (Å²) in [6.45, 7) is 4.03. The van der Waals surface area contributed by atoms with Crippen molar-refractivity contribution in [3.8, 4) is 0 Å². The summed E-state index contributed by atoms with van der Waals surface area (Å²) in [4.78, 5) is 3.91. The van der Waals surface area contributed by atoms with Crippen molar-refractivity contribution in [2.75, 3.05) is 0 Å². The van der Waals surface area contributed by atoms with Crippen LogP contribution in [0.3, 0.4) is 0 Å². The van der Waals surface area contributed by atoms with E-state index >= 15 is 0 Å². The van der Waals surface area contributed by atoms with E-state index < -0.39 is 0 Å². The monoisotopic (exact) mass is 222 g/mol. The predicted octanol–water partition coefficient (Wildman–Crippen LogP) is 1.29. The van der Waals surface area contributed by atoms with E-state index in [0.29, 0.717) is 11.2 Å². The van der Waals surface area contributed by atoms with Gasteiger partial charge in [0.15, 0.2) is 5.11 Å². The fourth-order valence-electron chi connectivity index (χ4n) is 0.909. The maximum Gasteiger partial charge on any atom is 0.187 e. The Morgan fingerprint density at radius 3 is 2.73 bits per heavy atom. The molecule has 0 saturated carbocycles. The largest absolute Gasteiger partial charge is 0.359 e. The predicted molar refractivity (Wildman–Crippen MR) is 65.8 cm³/mol. The molecule has 0 bridgehead atoms. The van der Waals surface area contributed by atoms with Gasteiger partial charge in [0.05, 0.1) is 6.21 Å². The Balaban J connectivity index is 2.37. The summed E-state index contributed by atoms with van der Waals surface area (Å²) in [5.74, 6) is 0. The first-order chi connectivity index (χ1) is 7.18. The van der Waals surface area contributed by atoms with Crippen molar-refractivity contribution >= 4 is 23.5 Å². The van der Waals surface area contributed by atoms with Gasteiger partial charge in [-0.25, -0.2) is 0 Å². The van der Waals surface area contributed by atoms with Gasteiger partial charge < -0.3 is 5.32 Å². The molecular weight excluding hydrogens is 208 g/mol. The van der Waals surface area contributed by atoms with Crippen LogP contribution in [0.4, 0.5) is 0 Å². The second kappa shape index (κ2) is 6.08. The second-order valence-electron chi connectivity index (χ2n) is 3.28. The fourth-order valence-corrected chi connectivity index (χ4v) is 1.20. The molecule has 80 valence electrons. The summed E-state index contributed by atoms with van der Waals surface area (Å²) < 4.78 is 0. The first-order valence-corrected chi connectivity index (χ1v) is 5.09. The third-order valence-electron chi connectivity index (χ3n) is 1.51. The number of thiocarbonyl (C=S) groups is 1. The molecule has 15 heavy (non-hydrogen) atoms. The highest BCUT2D eigenvalue weighted by Crippen LogP contribution is 1.90. The summed E-state index contributed by atoms with van der Waals surface area (Å²) in [7, 11) is 0. The summed E-state index contributed by atoms with van der Waals surface area (Å²) in [6.07, 6.45) is 5.12. The Labute approximate surface area is 94.8 Å². The molecule has 1 heterocycles. The molecule has 0 fully saturated rings. The minimum atomic E-state index is 0.307. The average Bonchev–Trinajstić information content (AvgIpc) is 2.18. The molecule has 1 rings (SSSR count). The van der Waals surface area contributed by atoms with Crippen LogP contribution < -0.4 is 10.7 Å². The topological polar surface area (TPSA) is 49.3 Å². The lowest BCUT2D eigenvalue weighted by molar-refractivity contribution is 0.720. The van der Waals surface area contributed by atoms with Crippen molar-refractivity contribution in [2.45, 2.75) is 19.9 Å². The smallest absolute Gasteiger partial charge is 0.187 e. The van der Waals surface area contributed by atoms with Gasteiger partial charge >= 0.3 is 0 Å². The van der Waals surface area contributed by atoms with E-state index in [1.165, 1.54) is 0 Å². The van der Waals surface area contributed by atoms with Crippen molar-refractivity contribution in [2.24, 2.45) is 5.10 Å². The third-order valence-corrected chi connectivity index (χ3v) is 1.71. The second-order valence-corrected chi connectivity index (χ2v) is 3.69. The molecule has 0 aliphatic rings. The van der Waals surface area contributed by atoms with E-state index in [-0.39, 0.29) is 0 Å². The maximum atomic E-state index is 5.00. The van der Waals surface area contributed by atoms with Gasteiger partial charge in [0.25, 0.3) is 0 Å². The van der Waals surface area contributed by atoms with Gasteiger partial charge in [0.2, 0.25) is 0 Å². The lowest BCUT2D eigenvalue weighted by Gasteiger charge is -2.09. The van der Waals surface area contributed by atoms with E-state index in [1.807, 2.05) is 26.0 Å². The third kappa shape index (κ3) is 5.07. The normalized spacial score (nSPS) is 10.6. The number of pyridine rings is 1. The molecule has 0 aliphatic carbocycles. The minimum Gasteiger partial charge on any atom is -0.359 e. The van der Waals surface area contributed by atoms with Crippen molar-refractivity contribution in [1.82, 2.24) is 15.7 Å². The minimum absolute atomic E-state index is 0.307. The molecule has 0 amide bonds. The molecule has 1 aromatic rings. The van der Waals surface area contributed by atoms with Gasteiger partial charge in [0.1, 0.15) is 0 Å². The first kappa shape index (κ1) is 11.6. The molecule has 4 nitrogen and oxygen atoms in total. The zero-order valence-corrected chi connectivity index (χ0v) is 9.58. The van der Waals surface area contributed by atoms with Crippen LogP contribution in [0.2, 0.25) is 0 Å². The van der Waals surface area contributed by atoms with Crippen LogP contribution in [0.1, 0.15) is 19.4 Å². The summed E-state index contributed by atoms with van der Waals surface area (Å²) in [6, 6.07) is 4.04. The number of hydrogen-bond acceptors (Lipinski definition) is 3. The summed E-state index contributed by atoms with van der Waals surface area (Å²) in [5.41, 5.74) is 3.71. The highest BCUT2D eigenvalue weighted by atomic mass is 32.1. The number of hydrazone groups is 1. The van der Waals surface area contributed by atoms with Gasteiger partial charge in [-0.15, -0.1) is 0 Å². The van der Waals surface area contributed by atoms with E-state index in [0.717, 1.165) is 5.56 Å². The summed E-state index contributed by atoms with van der Waals surface area (Å²) in [5, 5.41) is 7.53. The van der Waals surface area contributed by atoms with Crippen molar-refractivity contribution in [3.63, 3.8) is 0 Å². The Kier molecular flexibility index (Phi) is 4.70. The maximum absolute atomic E-state index is 5.00. The quantitative estimate of drug-likeness (QED) is 0.459. The van der Waals surface area contributed by atoms with Crippen LogP contribution in [0.15, 0.2) is 29.6 Å². The van der Waals surface area contributed by atoms with Crippen LogP contribution in [-0.2, 0) is 0 Å². The number of aromatic nitrogens is 1. The fraction of sp³-hybridized carbons (Fsp3) is 0.300. The molecule has 0 unspecified atom stereocenters. The van der Waals surface area contributed by atoms with Gasteiger partial charge in [-0.1, -0.05) is 0 Å². The Hall–Kier alpha value is -1.49. The molecule has 0 saturated heterocycles. The van der Waals surface area contributed by atoms with Crippen molar-refractivity contribution in [1.29, 1.82) is 0 Å². The van der Waals surface area contributed by atoms with Gasteiger partial charge in [-0.05, 0) is 43.8 Å².